The predicted octanol–water partition coefficient (Wildman–Crippen LogP) is 0.804. The van der Waals surface area contributed by atoms with Gasteiger partial charge >= 0.3 is 0 Å². The quantitative estimate of drug-likeness (QED) is 0.562. The number of ether oxygens (including phenoxy) is 1. The third-order valence-electron chi connectivity index (χ3n) is 1.38. The SMILES string of the molecule is COC1C=CC=C(N)C1. The van der Waals surface area contributed by atoms with Gasteiger partial charge in [0.05, 0.1) is 6.10 Å². The maximum atomic E-state index is 5.53. The molecule has 2 nitrogen and oxygen atoms in total. The average molecular weight is 125 g/mol. The minimum atomic E-state index is 0.190. The number of methoxy groups -OCH3 is 1. The molecule has 2 N–H and O–H groups in total. The standard InChI is InChI=1S/C7H11NO/c1-9-7-4-2-3-6(8)5-7/h2-4,7H,5,8H2,1H3. The smallest absolute Gasteiger partial charge is 0.0809 e. The Labute approximate surface area is 55.0 Å². The van der Waals surface area contributed by atoms with Crippen molar-refractivity contribution < 1.29 is 4.74 Å². The van der Waals surface area contributed by atoms with Crippen molar-refractivity contribution in [3.8, 4) is 0 Å². The number of allylic oxidation sites excluding steroid dienone is 2. The Morgan fingerprint density at radius 1 is 1.78 bits per heavy atom. The van der Waals surface area contributed by atoms with Crippen LogP contribution in [0.3, 0.4) is 0 Å². The number of nitrogens with two attached hydrogens (primary N) is 1. The minimum Gasteiger partial charge on any atom is -0.402 e. The van der Waals surface area contributed by atoms with E-state index in [1.54, 1.807) is 7.11 Å². The van der Waals surface area contributed by atoms with Crippen molar-refractivity contribution >= 4 is 0 Å². The van der Waals surface area contributed by atoms with Crippen molar-refractivity contribution in [2.45, 2.75) is 12.5 Å². The van der Waals surface area contributed by atoms with Crippen molar-refractivity contribution in [1.82, 2.24) is 0 Å². The van der Waals surface area contributed by atoms with Gasteiger partial charge in [-0.2, -0.15) is 0 Å². The maximum absolute atomic E-state index is 5.53. The van der Waals surface area contributed by atoms with Crippen LogP contribution in [-0.2, 0) is 4.74 Å². The van der Waals surface area contributed by atoms with Crippen molar-refractivity contribution in [2.75, 3.05) is 7.11 Å². The first kappa shape index (κ1) is 6.36. The molecule has 0 saturated carbocycles. The Morgan fingerprint density at radius 3 is 3.00 bits per heavy atom. The molecule has 0 bridgehead atoms. The van der Waals surface area contributed by atoms with Crippen molar-refractivity contribution in [3.63, 3.8) is 0 Å². The van der Waals surface area contributed by atoms with Crippen LogP contribution in [0.2, 0.25) is 0 Å². The first-order chi connectivity index (χ1) is 4.33. The van der Waals surface area contributed by atoms with E-state index in [1.807, 2.05) is 18.2 Å². The summed E-state index contributed by atoms with van der Waals surface area (Å²) in [5.74, 6) is 0. The van der Waals surface area contributed by atoms with E-state index in [0.717, 1.165) is 12.1 Å². The largest absolute Gasteiger partial charge is 0.402 e. The van der Waals surface area contributed by atoms with E-state index in [0.29, 0.717) is 0 Å². The van der Waals surface area contributed by atoms with Crippen LogP contribution in [0, 0.1) is 0 Å². The highest BCUT2D eigenvalue weighted by Gasteiger charge is 2.05. The van der Waals surface area contributed by atoms with Crippen LogP contribution in [0.5, 0.6) is 0 Å². The number of hydrogen-bond donors (Lipinski definition) is 1. The molecule has 0 radical (unpaired) electrons. The molecule has 0 fully saturated rings. The molecule has 0 saturated heterocycles. The highest BCUT2D eigenvalue weighted by molar-refractivity contribution is 5.18. The molecule has 2 heteroatoms. The summed E-state index contributed by atoms with van der Waals surface area (Å²) in [7, 11) is 1.69. The van der Waals surface area contributed by atoms with Crippen LogP contribution >= 0.6 is 0 Å². The first-order valence-corrected chi connectivity index (χ1v) is 2.98. The molecule has 1 rings (SSSR count). The third kappa shape index (κ3) is 1.57. The van der Waals surface area contributed by atoms with Crippen LogP contribution in [0.25, 0.3) is 0 Å². The van der Waals surface area contributed by atoms with E-state index in [2.05, 4.69) is 0 Å². The van der Waals surface area contributed by atoms with E-state index in [1.165, 1.54) is 0 Å². The molecule has 0 aromatic heterocycles. The molecule has 0 aliphatic heterocycles. The molecule has 50 valence electrons. The van der Waals surface area contributed by atoms with Gasteiger partial charge in [-0.05, 0) is 6.08 Å². The fraction of sp³-hybridized carbons (Fsp3) is 0.429. The van der Waals surface area contributed by atoms with Crippen LogP contribution in [0.15, 0.2) is 23.9 Å². The summed E-state index contributed by atoms with van der Waals surface area (Å²) in [6.07, 6.45) is 6.83. The van der Waals surface area contributed by atoms with E-state index in [9.17, 15) is 0 Å². The maximum Gasteiger partial charge on any atom is 0.0809 e. The molecule has 0 aromatic carbocycles. The zero-order valence-electron chi connectivity index (χ0n) is 5.50. The Morgan fingerprint density at radius 2 is 2.56 bits per heavy atom. The van der Waals surface area contributed by atoms with Gasteiger partial charge in [0.1, 0.15) is 0 Å². The van der Waals surface area contributed by atoms with E-state index in [4.69, 9.17) is 10.5 Å². The second-order valence-corrected chi connectivity index (χ2v) is 2.10. The minimum absolute atomic E-state index is 0.190. The molecular weight excluding hydrogens is 114 g/mol. The lowest BCUT2D eigenvalue weighted by atomic mass is 10.1. The summed E-state index contributed by atoms with van der Waals surface area (Å²) < 4.78 is 5.05. The topological polar surface area (TPSA) is 35.2 Å². The summed E-state index contributed by atoms with van der Waals surface area (Å²) in [5.41, 5.74) is 6.42. The van der Waals surface area contributed by atoms with Gasteiger partial charge in [-0.25, -0.2) is 0 Å². The number of hydrogen-bond acceptors (Lipinski definition) is 2. The van der Waals surface area contributed by atoms with Gasteiger partial charge in [0.25, 0.3) is 0 Å². The van der Waals surface area contributed by atoms with Gasteiger partial charge < -0.3 is 10.5 Å². The monoisotopic (exact) mass is 125 g/mol. The molecule has 0 aromatic rings. The summed E-state index contributed by atoms with van der Waals surface area (Å²) in [4.78, 5) is 0. The van der Waals surface area contributed by atoms with Gasteiger partial charge in [0, 0.05) is 19.2 Å². The Hall–Kier alpha value is -0.760. The molecule has 0 heterocycles. The lowest BCUT2D eigenvalue weighted by molar-refractivity contribution is 0.140. The fourth-order valence-electron chi connectivity index (χ4n) is 0.833. The Bertz CT molecular complexity index is 149. The van der Waals surface area contributed by atoms with Gasteiger partial charge in [-0.15, -0.1) is 0 Å². The fourth-order valence-corrected chi connectivity index (χ4v) is 0.833. The van der Waals surface area contributed by atoms with Crippen molar-refractivity contribution in [1.29, 1.82) is 0 Å². The number of rotatable bonds is 1. The highest BCUT2D eigenvalue weighted by atomic mass is 16.5. The summed E-state index contributed by atoms with van der Waals surface area (Å²) >= 11 is 0. The van der Waals surface area contributed by atoms with Crippen LogP contribution in [0.1, 0.15) is 6.42 Å². The summed E-state index contributed by atoms with van der Waals surface area (Å²) in [5, 5.41) is 0. The Kier molecular flexibility index (Phi) is 1.90. The Balaban J connectivity index is 2.51. The zero-order valence-corrected chi connectivity index (χ0v) is 5.50. The van der Waals surface area contributed by atoms with E-state index in [-0.39, 0.29) is 6.10 Å². The zero-order chi connectivity index (χ0) is 6.69. The van der Waals surface area contributed by atoms with Gasteiger partial charge in [0.2, 0.25) is 0 Å². The summed E-state index contributed by atoms with van der Waals surface area (Å²) in [6, 6.07) is 0. The van der Waals surface area contributed by atoms with E-state index >= 15 is 0 Å². The molecule has 9 heavy (non-hydrogen) atoms. The molecule has 1 atom stereocenters. The second kappa shape index (κ2) is 2.69. The third-order valence-corrected chi connectivity index (χ3v) is 1.38. The lowest BCUT2D eigenvalue weighted by Crippen LogP contribution is -2.14. The normalized spacial score (nSPS) is 25.9. The van der Waals surface area contributed by atoms with Crippen LogP contribution in [-0.4, -0.2) is 13.2 Å². The van der Waals surface area contributed by atoms with Crippen LogP contribution in [0.4, 0.5) is 0 Å². The van der Waals surface area contributed by atoms with Crippen molar-refractivity contribution in [3.05, 3.63) is 23.9 Å². The lowest BCUT2D eigenvalue weighted by Gasteiger charge is -2.13. The van der Waals surface area contributed by atoms with Gasteiger partial charge in [-0.3, -0.25) is 0 Å². The van der Waals surface area contributed by atoms with Crippen molar-refractivity contribution in [2.24, 2.45) is 5.73 Å². The molecule has 0 amide bonds. The highest BCUT2D eigenvalue weighted by Crippen LogP contribution is 2.09. The molecule has 1 aliphatic rings. The molecular formula is C7H11NO. The molecule has 0 spiro atoms. The van der Waals surface area contributed by atoms with Gasteiger partial charge in [-0.1, -0.05) is 12.2 Å². The second-order valence-electron chi connectivity index (χ2n) is 2.10. The molecule has 1 aliphatic carbocycles. The summed E-state index contributed by atoms with van der Waals surface area (Å²) in [6.45, 7) is 0. The van der Waals surface area contributed by atoms with E-state index < -0.39 is 0 Å². The predicted molar refractivity (Wildman–Crippen MR) is 36.8 cm³/mol. The molecule has 1 unspecified atom stereocenters. The van der Waals surface area contributed by atoms with Gasteiger partial charge in [0.15, 0.2) is 0 Å². The van der Waals surface area contributed by atoms with Crippen LogP contribution < -0.4 is 5.73 Å². The first-order valence-electron chi connectivity index (χ1n) is 2.98. The average Bonchev–Trinajstić information content (AvgIpc) is 1.88.